The van der Waals surface area contributed by atoms with E-state index >= 15 is 0 Å². The Labute approximate surface area is 242 Å². The molecule has 42 heavy (non-hydrogen) atoms. The SMILES string of the molecule is NCCNC(=O)c1ccc(C2=C(C(F)(F)F)CC(n3c(=O)ccc4cnc5ccc(-c6cccs6)cc5c43)C=C2)cc1. The zero-order valence-electron chi connectivity index (χ0n) is 22.2. The zero-order chi connectivity index (χ0) is 29.4. The maximum Gasteiger partial charge on any atom is 0.413 e. The molecule has 0 fully saturated rings. The summed E-state index contributed by atoms with van der Waals surface area (Å²) >= 11 is 1.57. The van der Waals surface area contributed by atoms with Crippen LogP contribution in [0.1, 0.15) is 28.4 Å². The van der Waals surface area contributed by atoms with E-state index in [2.05, 4.69) is 10.3 Å². The Hall–Kier alpha value is -4.54. The summed E-state index contributed by atoms with van der Waals surface area (Å²) in [6, 6.07) is 17.8. The molecule has 1 aliphatic rings. The van der Waals surface area contributed by atoms with Crippen LogP contribution in [0.25, 0.3) is 37.8 Å². The molecular formula is C32H25F3N4O2S. The molecule has 0 radical (unpaired) electrons. The monoisotopic (exact) mass is 586 g/mol. The van der Waals surface area contributed by atoms with Crippen LogP contribution in [0.4, 0.5) is 13.2 Å². The number of halogens is 3. The second kappa shape index (κ2) is 11.0. The van der Waals surface area contributed by atoms with Crippen molar-refractivity contribution in [2.24, 2.45) is 5.73 Å². The predicted octanol–water partition coefficient (Wildman–Crippen LogP) is 6.48. The number of hydrogen-bond acceptors (Lipinski definition) is 5. The molecule has 3 heterocycles. The number of alkyl halides is 3. The van der Waals surface area contributed by atoms with Crippen LogP contribution in [0.2, 0.25) is 0 Å². The number of hydrogen-bond donors (Lipinski definition) is 2. The molecule has 0 bridgehead atoms. The minimum Gasteiger partial charge on any atom is -0.351 e. The summed E-state index contributed by atoms with van der Waals surface area (Å²) in [6.45, 7) is 0.571. The molecule has 0 aliphatic heterocycles. The molecule has 1 unspecified atom stereocenters. The average molecular weight is 587 g/mol. The van der Waals surface area contributed by atoms with Gasteiger partial charge >= 0.3 is 6.18 Å². The van der Waals surface area contributed by atoms with Crippen LogP contribution >= 0.6 is 11.3 Å². The van der Waals surface area contributed by atoms with E-state index in [-0.39, 0.29) is 18.0 Å². The molecule has 0 saturated carbocycles. The van der Waals surface area contributed by atoms with Crippen molar-refractivity contribution in [2.45, 2.75) is 18.6 Å². The Bertz CT molecular complexity index is 1920. The quantitative estimate of drug-likeness (QED) is 0.223. The first-order valence-electron chi connectivity index (χ1n) is 13.3. The minimum atomic E-state index is -4.64. The third-order valence-corrected chi connectivity index (χ3v) is 8.26. The van der Waals surface area contributed by atoms with E-state index in [1.807, 2.05) is 35.7 Å². The van der Waals surface area contributed by atoms with Gasteiger partial charge < -0.3 is 15.6 Å². The minimum absolute atomic E-state index is 0.00691. The van der Waals surface area contributed by atoms with E-state index in [4.69, 9.17) is 5.73 Å². The molecule has 1 atom stereocenters. The number of thiophene rings is 1. The molecule has 1 amide bonds. The lowest BCUT2D eigenvalue weighted by atomic mass is 9.88. The van der Waals surface area contributed by atoms with Crippen molar-refractivity contribution in [3.05, 3.63) is 118 Å². The van der Waals surface area contributed by atoms with Gasteiger partial charge in [-0.2, -0.15) is 13.2 Å². The summed E-state index contributed by atoms with van der Waals surface area (Å²) < 4.78 is 45.0. The third kappa shape index (κ3) is 5.15. The van der Waals surface area contributed by atoms with Gasteiger partial charge in [-0.05, 0) is 58.5 Å². The van der Waals surface area contributed by atoms with E-state index in [9.17, 15) is 22.8 Å². The summed E-state index contributed by atoms with van der Waals surface area (Å²) in [4.78, 5) is 31.1. The number of nitrogens with one attached hydrogen (secondary N) is 1. The first-order valence-corrected chi connectivity index (χ1v) is 14.2. The summed E-state index contributed by atoms with van der Waals surface area (Å²) in [6.07, 6.45) is -0.363. The van der Waals surface area contributed by atoms with Gasteiger partial charge in [0, 0.05) is 58.6 Å². The first kappa shape index (κ1) is 27.6. The van der Waals surface area contributed by atoms with Crippen LogP contribution in [0.15, 0.2) is 101 Å². The van der Waals surface area contributed by atoms with Crippen LogP contribution in [0, 0.1) is 0 Å². The average Bonchev–Trinajstić information content (AvgIpc) is 3.54. The van der Waals surface area contributed by atoms with Gasteiger partial charge in [0.2, 0.25) is 0 Å². The molecular weight excluding hydrogens is 561 g/mol. The highest BCUT2D eigenvalue weighted by Gasteiger charge is 2.39. The number of pyridine rings is 2. The summed E-state index contributed by atoms with van der Waals surface area (Å²) in [5, 5.41) is 5.96. The van der Waals surface area contributed by atoms with Crippen molar-refractivity contribution in [2.75, 3.05) is 13.1 Å². The van der Waals surface area contributed by atoms with E-state index < -0.39 is 29.8 Å². The maximum atomic E-state index is 14.5. The molecule has 0 saturated heterocycles. The molecule has 0 spiro atoms. The van der Waals surface area contributed by atoms with Gasteiger partial charge in [-0.25, -0.2) is 0 Å². The van der Waals surface area contributed by atoms with Crippen molar-refractivity contribution in [3.63, 3.8) is 0 Å². The lowest BCUT2D eigenvalue weighted by Crippen LogP contribution is -2.29. The van der Waals surface area contributed by atoms with Crippen molar-refractivity contribution < 1.29 is 18.0 Å². The van der Waals surface area contributed by atoms with E-state index in [1.54, 1.807) is 29.7 Å². The van der Waals surface area contributed by atoms with Gasteiger partial charge in [0.25, 0.3) is 11.5 Å². The number of amides is 1. The second-order valence-corrected chi connectivity index (χ2v) is 10.9. The first-order chi connectivity index (χ1) is 20.2. The van der Waals surface area contributed by atoms with Crippen molar-refractivity contribution >= 4 is 44.6 Å². The van der Waals surface area contributed by atoms with Gasteiger partial charge in [0.1, 0.15) is 0 Å². The number of nitrogens with two attached hydrogens (primary N) is 1. The maximum absolute atomic E-state index is 14.5. The Kier molecular flexibility index (Phi) is 7.26. The van der Waals surface area contributed by atoms with Crippen molar-refractivity contribution in [1.82, 2.24) is 14.9 Å². The summed E-state index contributed by atoms with van der Waals surface area (Å²) in [5.41, 5.74) is 7.06. The Balaban J connectivity index is 1.44. The van der Waals surface area contributed by atoms with Crippen molar-refractivity contribution in [3.8, 4) is 10.4 Å². The molecule has 10 heteroatoms. The number of allylic oxidation sites excluding steroid dienone is 4. The van der Waals surface area contributed by atoms with Crippen LogP contribution in [0.3, 0.4) is 0 Å². The van der Waals surface area contributed by atoms with Gasteiger partial charge in [-0.3, -0.25) is 14.6 Å². The molecule has 5 aromatic rings. The molecule has 6 nitrogen and oxygen atoms in total. The fourth-order valence-electron chi connectivity index (χ4n) is 5.36. The van der Waals surface area contributed by atoms with E-state index in [0.29, 0.717) is 39.5 Å². The number of fused-ring (bicyclic) bond motifs is 3. The van der Waals surface area contributed by atoms with Crippen molar-refractivity contribution in [1.29, 1.82) is 0 Å². The van der Waals surface area contributed by atoms with Gasteiger partial charge in [-0.15, -0.1) is 11.3 Å². The molecule has 1 aliphatic carbocycles. The summed E-state index contributed by atoms with van der Waals surface area (Å²) in [5.74, 6) is -0.351. The molecule has 2 aromatic carbocycles. The number of carbonyl (C=O) groups excluding carboxylic acids is 1. The smallest absolute Gasteiger partial charge is 0.351 e. The van der Waals surface area contributed by atoms with E-state index in [1.165, 1.54) is 41.0 Å². The lowest BCUT2D eigenvalue weighted by Gasteiger charge is -2.27. The van der Waals surface area contributed by atoms with E-state index in [0.717, 1.165) is 10.4 Å². The standard InChI is InChI=1S/C32H25F3N4O2S/c33-32(34,35)26-17-23(9-10-24(26)19-3-5-20(6-4-19)31(41)37-14-13-36)39-29(40)12-8-22-18-38-27-11-7-21(16-25(27)30(22)39)28-2-1-15-42-28/h1-12,15-16,18,23H,13-14,17,36H2,(H,37,41). The van der Waals surface area contributed by atoms with Gasteiger partial charge in [0.05, 0.1) is 17.1 Å². The number of carbonyl (C=O) groups is 1. The Morgan fingerprint density at radius 2 is 1.86 bits per heavy atom. The fraction of sp³-hybridized carbons (Fsp3) is 0.156. The zero-order valence-corrected chi connectivity index (χ0v) is 23.0. The van der Waals surface area contributed by atoms with Gasteiger partial charge in [-0.1, -0.05) is 36.4 Å². The molecule has 3 aromatic heterocycles. The number of benzene rings is 2. The Morgan fingerprint density at radius 1 is 1.07 bits per heavy atom. The molecule has 6 rings (SSSR count). The van der Waals surface area contributed by atoms with Crippen LogP contribution in [0.5, 0.6) is 0 Å². The largest absolute Gasteiger partial charge is 0.413 e. The summed E-state index contributed by atoms with van der Waals surface area (Å²) in [7, 11) is 0. The predicted molar refractivity (Wildman–Crippen MR) is 160 cm³/mol. The molecule has 212 valence electrons. The highest BCUT2D eigenvalue weighted by atomic mass is 32.1. The highest BCUT2D eigenvalue weighted by molar-refractivity contribution is 7.13. The topological polar surface area (TPSA) is 90.0 Å². The highest BCUT2D eigenvalue weighted by Crippen LogP contribution is 2.42. The number of rotatable bonds is 6. The number of nitrogens with zero attached hydrogens (tertiary/aromatic N) is 2. The normalized spacial score (nSPS) is 15.5. The lowest BCUT2D eigenvalue weighted by molar-refractivity contribution is -0.0942. The van der Waals surface area contributed by atoms with Crippen LogP contribution in [-0.2, 0) is 0 Å². The third-order valence-electron chi connectivity index (χ3n) is 7.34. The Morgan fingerprint density at radius 3 is 2.57 bits per heavy atom. The van der Waals surface area contributed by atoms with Gasteiger partial charge in [0.15, 0.2) is 0 Å². The fourth-order valence-corrected chi connectivity index (χ4v) is 6.09. The second-order valence-electron chi connectivity index (χ2n) is 9.96. The number of aromatic nitrogens is 2. The van der Waals surface area contributed by atoms with Crippen LogP contribution in [-0.4, -0.2) is 34.7 Å². The van der Waals surface area contributed by atoms with Crippen LogP contribution < -0.4 is 16.6 Å². The molecule has 3 N–H and O–H groups in total.